The SMILES string of the molecule is CCn1c(=O)[nH]c2cc(N=N/C(C(=O)Nc3ccc(OC)cc3)=C(\C)O)c(O)cc21. The van der Waals surface area contributed by atoms with Gasteiger partial charge in [-0.3, -0.25) is 9.36 Å². The van der Waals surface area contributed by atoms with Crippen LogP contribution in [0.1, 0.15) is 13.8 Å². The lowest BCUT2D eigenvalue weighted by Gasteiger charge is -2.07. The van der Waals surface area contributed by atoms with Gasteiger partial charge in [0.05, 0.1) is 18.1 Å². The second-order valence-corrected chi connectivity index (χ2v) is 6.35. The van der Waals surface area contributed by atoms with Crippen molar-refractivity contribution in [1.82, 2.24) is 9.55 Å². The lowest BCUT2D eigenvalue weighted by molar-refractivity contribution is -0.113. The number of hydrogen-bond acceptors (Lipinski definition) is 7. The highest BCUT2D eigenvalue weighted by Crippen LogP contribution is 2.31. The summed E-state index contributed by atoms with van der Waals surface area (Å²) < 4.78 is 6.52. The number of benzene rings is 2. The molecule has 0 saturated heterocycles. The van der Waals surface area contributed by atoms with Crippen LogP contribution in [0, 0.1) is 0 Å². The van der Waals surface area contributed by atoms with Gasteiger partial charge in [-0.25, -0.2) is 4.79 Å². The zero-order valence-corrected chi connectivity index (χ0v) is 16.6. The van der Waals surface area contributed by atoms with Gasteiger partial charge in [0, 0.05) is 18.3 Å². The minimum Gasteiger partial charge on any atom is -0.510 e. The van der Waals surface area contributed by atoms with Crippen LogP contribution < -0.4 is 15.7 Å². The molecule has 0 saturated carbocycles. The summed E-state index contributed by atoms with van der Waals surface area (Å²) in [4.78, 5) is 27.1. The molecule has 0 aliphatic rings. The van der Waals surface area contributed by atoms with Gasteiger partial charge in [0.2, 0.25) is 0 Å². The fourth-order valence-corrected chi connectivity index (χ4v) is 2.83. The second kappa shape index (κ2) is 8.52. The van der Waals surface area contributed by atoms with Crippen molar-refractivity contribution in [2.24, 2.45) is 10.2 Å². The number of H-pyrrole nitrogens is 1. The van der Waals surface area contributed by atoms with Crippen molar-refractivity contribution < 1.29 is 19.7 Å². The highest BCUT2D eigenvalue weighted by atomic mass is 16.5. The predicted molar refractivity (Wildman–Crippen MR) is 111 cm³/mol. The standard InChI is InChI=1S/C20H21N5O5/c1-4-25-16-10-17(27)15(9-14(16)22-20(25)29)23-24-18(11(2)26)19(28)21-12-5-7-13(30-3)8-6-12/h5-10,26-27H,4H2,1-3H3,(H,21,28)(H,22,29)/b18-11+,24-23?. The average molecular weight is 411 g/mol. The molecule has 1 heterocycles. The Bertz CT molecular complexity index is 1200. The third-order valence-corrected chi connectivity index (χ3v) is 4.35. The average Bonchev–Trinajstić information content (AvgIpc) is 3.02. The van der Waals surface area contributed by atoms with Crippen molar-refractivity contribution in [3.63, 3.8) is 0 Å². The number of hydrogen-bond donors (Lipinski definition) is 4. The number of aliphatic hydroxyl groups is 1. The number of allylic oxidation sites excluding steroid dienone is 1. The largest absolute Gasteiger partial charge is 0.510 e. The van der Waals surface area contributed by atoms with E-state index in [4.69, 9.17) is 4.74 Å². The molecule has 30 heavy (non-hydrogen) atoms. The number of aromatic amines is 1. The van der Waals surface area contributed by atoms with Gasteiger partial charge in [-0.15, -0.1) is 10.2 Å². The minimum absolute atomic E-state index is 0.0306. The number of carbonyl (C=O) groups excluding carboxylic acids is 1. The molecule has 0 aliphatic heterocycles. The Morgan fingerprint density at radius 1 is 1.27 bits per heavy atom. The zero-order chi connectivity index (χ0) is 21.8. The number of methoxy groups -OCH3 is 1. The molecule has 3 aromatic rings. The Hall–Kier alpha value is -4.08. The molecule has 1 amide bonds. The number of aliphatic hydroxyl groups excluding tert-OH is 1. The van der Waals surface area contributed by atoms with E-state index in [0.29, 0.717) is 29.0 Å². The van der Waals surface area contributed by atoms with Crippen molar-refractivity contribution in [1.29, 1.82) is 0 Å². The summed E-state index contributed by atoms with van der Waals surface area (Å²) >= 11 is 0. The van der Waals surface area contributed by atoms with E-state index in [-0.39, 0.29) is 28.6 Å². The molecule has 0 bridgehead atoms. The summed E-state index contributed by atoms with van der Waals surface area (Å²) in [6.07, 6.45) is 0. The number of imidazole rings is 1. The molecular formula is C20H21N5O5. The highest BCUT2D eigenvalue weighted by Gasteiger charge is 2.15. The number of phenols is 1. The molecule has 1 aromatic heterocycles. The summed E-state index contributed by atoms with van der Waals surface area (Å²) in [5.41, 5.74) is 0.838. The molecule has 4 N–H and O–H groups in total. The first-order valence-electron chi connectivity index (χ1n) is 9.06. The van der Waals surface area contributed by atoms with Gasteiger partial charge in [0.1, 0.15) is 22.9 Å². The van der Waals surface area contributed by atoms with Crippen molar-refractivity contribution in [3.05, 3.63) is 58.3 Å². The van der Waals surface area contributed by atoms with Crippen molar-refractivity contribution >= 4 is 28.3 Å². The van der Waals surface area contributed by atoms with E-state index in [2.05, 4.69) is 20.5 Å². The summed E-state index contributed by atoms with van der Waals surface area (Å²) in [7, 11) is 1.53. The normalized spacial score (nSPS) is 12.2. The molecule has 0 aliphatic carbocycles. The fraction of sp³-hybridized carbons (Fsp3) is 0.200. The monoisotopic (exact) mass is 411 g/mol. The molecule has 0 unspecified atom stereocenters. The van der Waals surface area contributed by atoms with Gasteiger partial charge in [-0.1, -0.05) is 0 Å². The Balaban J connectivity index is 1.87. The first kappa shape index (κ1) is 20.6. The number of fused-ring (bicyclic) bond motifs is 1. The van der Waals surface area contributed by atoms with Gasteiger partial charge < -0.3 is 25.3 Å². The third-order valence-electron chi connectivity index (χ3n) is 4.35. The fourth-order valence-electron chi connectivity index (χ4n) is 2.83. The molecule has 0 atom stereocenters. The maximum atomic E-state index is 12.5. The third kappa shape index (κ3) is 4.17. The van der Waals surface area contributed by atoms with Gasteiger partial charge in [-0.2, -0.15) is 0 Å². The number of aromatic nitrogens is 2. The second-order valence-electron chi connectivity index (χ2n) is 6.35. The van der Waals surface area contributed by atoms with E-state index in [1.165, 1.54) is 30.7 Å². The maximum Gasteiger partial charge on any atom is 0.326 e. The van der Waals surface area contributed by atoms with Crippen molar-refractivity contribution in [2.45, 2.75) is 20.4 Å². The number of nitrogens with zero attached hydrogens (tertiary/aromatic N) is 3. The predicted octanol–water partition coefficient (Wildman–Crippen LogP) is 3.58. The first-order chi connectivity index (χ1) is 14.3. The Morgan fingerprint density at radius 3 is 2.57 bits per heavy atom. The van der Waals surface area contributed by atoms with Crippen molar-refractivity contribution in [2.75, 3.05) is 12.4 Å². The molecule has 156 valence electrons. The summed E-state index contributed by atoms with van der Waals surface area (Å²) in [6.45, 7) is 3.53. The minimum atomic E-state index is -0.685. The summed E-state index contributed by atoms with van der Waals surface area (Å²) in [5, 5.41) is 30.4. The van der Waals surface area contributed by atoms with E-state index >= 15 is 0 Å². The van der Waals surface area contributed by atoms with Crippen LogP contribution in [0.3, 0.4) is 0 Å². The van der Waals surface area contributed by atoms with Crippen LogP contribution in [-0.4, -0.2) is 32.8 Å². The van der Waals surface area contributed by atoms with Crippen LogP contribution in [0.2, 0.25) is 0 Å². The highest BCUT2D eigenvalue weighted by molar-refractivity contribution is 6.03. The summed E-state index contributed by atoms with van der Waals surface area (Å²) in [6, 6.07) is 9.43. The Morgan fingerprint density at radius 2 is 1.97 bits per heavy atom. The van der Waals surface area contributed by atoms with Crippen LogP contribution in [-0.2, 0) is 11.3 Å². The van der Waals surface area contributed by atoms with Gasteiger partial charge in [-0.05, 0) is 44.2 Å². The smallest absolute Gasteiger partial charge is 0.326 e. The van der Waals surface area contributed by atoms with Crippen LogP contribution in [0.5, 0.6) is 11.5 Å². The van der Waals surface area contributed by atoms with Crippen LogP contribution in [0.25, 0.3) is 11.0 Å². The van der Waals surface area contributed by atoms with E-state index in [1.807, 2.05) is 6.92 Å². The zero-order valence-electron chi connectivity index (χ0n) is 16.6. The van der Waals surface area contributed by atoms with Crippen molar-refractivity contribution in [3.8, 4) is 11.5 Å². The van der Waals surface area contributed by atoms with Gasteiger partial charge in [0.15, 0.2) is 5.70 Å². The van der Waals surface area contributed by atoms with E-state index < -0.39 is 5.91 Å². The number of phenolic OH excluding ortho intramolecular Hbond substituents is 1. The number of azo groups is 1. The Kier molecular flexibility index (Phi) is 5.86. The number of aryl methyl sites for hydroxylation is 1. The van der Waals surface area contributed by atoms with Crippen LogP contribution in [0.15, 0.2) is 62.9 Å². The molecule has 0 spiro atoms. The topological polar surface area (TPSA) is 141 Å². The lowest BCUT2D eigenvalue weighted by Crippen LogP contribution is -2.14. The maximum absolute atomic E-state index is 12.5. The van der Waals surface area contributed by atoms with E-state index in [1.54, 1.807) is 24.3 Å². The van der Waals surface area contributed by atoms with Crippen LogP contribution in [0.4, 0.5) is 11.4 Å². The molecule has 10 nitrogen and oxygen atoms in total. The van der Waals surface area contributed by atoms with Gasteiger partial charge in [0.25, 0.3) is 5.91 Å². The first-order valence-corrected chi connectivity index (χ1v) is 9.06. The number of rotatable bonds is 6. The quantitative estimate of drug-likeness (QED) is 0.279. The molecule has 0 radical (unpaired) electrons. The molecular weight excluding hydrogens is 390 g/mol. The van der Waals surface area contributed by atoms with E-state index in [9.17, 15) is 19.8 Å². The number of carbonyl (C=O) groups is 1. The lowest BCUT2D eigenvalue weighted by atomic mass is 10.2. The number of aromatic hydroxyl groups is 1. The number of amides is 1. The molecule has 3 rings (SSSR count). The number of ether oxygens (including phenoxy) is 1. The van der Waals surface area contributed by atoms with Crippen LogP contribution >= 0.6 is 0 Å². The Labute approximate surface area is 171 Å². The molecule has 2 aromatic carbocycles. The number of nitrogens with one attached hydrogen (secondary N) is 2. The number of anilines is 1. The molecule has 0 fully saturated rings. The molecule has 10 heteroatoms. The van der Waals surface area contributed by atoms with E-state index in [0.717, 1.165) is 0 Å². The summed E-state index contributed by atoms with van der Waals surface area (Å²) in [5.74, 6) is -0.633. The van der Waals surface area contributed by atoms with Gasteiger partial charge >= 0.3 is 5.69 Å².